The van der Waals surface area contributed by atoms with Gasteiger partial charge in [-0.3, -0.25) is 4.79 Å². The smallest absolute Gasteiger partial charge is 0.263 e. The molecule has 0 aromatic heterocycles. The molecule has 0 unspecified atom stereocenters. The van der Waals surface area contributed by atoms with Crippen molar-refractivity contribution in [3.8, 4) is 5.75 Å². The number of halogens is 2. The molecular weight excluding hydrogens is 355 g/mol. The maximum atomic E-state index is 13.0. The van der Waals surface area contributed by atoms with Gasteiger partial charge in [-0.15, -0.1) is 0 Å². The Labute approximate surface area is 158 Å². The average Bonchev–Trinajstić information content (AvgIpc) is 2.65. The summed E-state index contributed by atoms with van der Waals surface area (Å²) in [6.07, 6.45) is -0.611. The van der Waals surface area contributed by atoms with E-state index in [0.717, 1.165) is 18.8 Å². The molecule has 2 aromatic rings. The van der Waals surface area contributed by atoms with E-state index in [1.807, 2.05) is 23.1 Å². The van der Waals surface area contributed by atoms with Gasteiger partial charge in [0.05, 0.1) is 0 Å². The van der Waals surface area contributed by atoms with Crippen molar-refractivity contribution < 1.29 is 13.9 Å². The summed E-state index contributed by atoms with van der Waals surface area (Å²) in [5.41, 5.74) is 2.28. The van der Waals surface area contributed by atoms with Gasteiger partial charge >= 0.3 is 0 Å². The van der Waals surface area contributed by atoms with Crippen LogP contribution in [0.5, 0.6) is 5.75 Å². The molecule has 3 rings (SSSR count). The first-order valence-electron chi connectivity index (χ1n) is 8.66. The van der Waals surface area contributed by atoms with Gasteiger partial charge in [0.1, 0.15) is 11.6 Å². The third-order valence-corrected chi connectivity index (χ3v) is 4.81. The highest BCUT2D eigenvalue weighted by Crippen LogP contribution is 2.25. The van der Waals surface area contributed by atoms with Gasteiger partial charge in [-0.25, -0.2) is 4.39 Å². The lowest BCUT2D eigenvalue weighted by Gasteiger charge is -2.37. The predicted molar refractivity (Wildman–Crippen MR) is 101 cm³/mol. The van der Waals surface area contributed by atoms with E-state index < -0.39 is 6.10 Å². The van der Waals surface area contributed by atoms with Crippen LogP contribution in [-0.4, -0.2) is 43.1 Å². The summed E-state index contributed by atoms with van der Waals surface area (Å²) < 4.78 is 18.6. The minimum absolute atomic E-state index is 0.0585. The monoisotopic (exact) mass is 376 g/mol. The fourth-order valence-corrected chi connectivity index (χ4v) is 3.28. The number of aryl methyl sites for hydroxylation is 1. The summed E-state index contributed by atoms with van der Waals surface area (Å²) in [5.74, 6) is 0.0981. The van der Waals surface area contributed by atoms with Crippen LogP contribution in [0.1, 0.15) is 12.5 Å². The maximum absolute atomic E-state index is 13.0. The van der Waals surface area contributed by atoms with Crippen molar-refractivity contribution in [2.24, 2.45) is 0 Å². The van der Waals surface area contributed by atoms with Gasteiger partial charge in [0.15, 0.2) is 6.10 Å². The lowest BCUT2D eigenvalue weighted by Crippen LogP contribution is -2.52. The largest absolute Gasteiger partial charge is 0.481 e. The molecular formula is C20H22ClFN2O2. The van der Waals surface area contributed by atoms with E-state index >= 15 is 0 Å². The van der Waals surface area contributed by atoms with Crippen molar-refractivity contribution >= 4 is 23.2 Å². The Balaban J connectivity index is 1.57. The molecule has 6 heteroatoms. The number of hydrogen-bond donors (Lipinski definition) is 0. The van der Waals surface area contributed by atoms with Crippen molar-refractivity contribution in [2.45, 2.75) is 20.0 Å². The van der Waals surface area contributed by atoms with Gasteiger partial charge in [0, 0.05) is 36.9 Å². The summed E-state index contributed by atoms with van der Waals surface area (Å²) >= 11 is 6.11. The zero-order chi connectivity index (χ0) is 18.7. The summed E-state index contributed by atoms with van der Waals surface area (Å²) in [4.78, 5) is 16.7. The molecule has 4 nitrogen and oxygen atoms in total. The van der Waals surface area contributed by atoms with Gasteiger partial charge in [-0.05, 0) is 55.8 Å². The van der Waals surface area contributed by atoms with Crippen LogP contribution in [0, 0.1) is 12.7 Å². The normalized spacial score (nSPS) is 15.7. The molecule has 0 radical (unpaired) electrons. The molecule has 1 amide bonds. The molecule has 0 saturated carbocycles. The molecule has 2 aromatic carbocycles. The standard InChI is InChI=1S/C20H22ClFN2O2/c1-14-3-4-16(21)13-19(14)23-9-11-24(12-10-23)20(25)15(2)26-18-7-5-17(22)6-8-18/h3-8,13,15H,9-12H2,1-2H3/t15-/m0/s1. The van der Waals surface area contributed by atoms with Gasteiger partial charge in [-0.1, -0.05) is 17.7 Å². The molecule has 138 valence electrons. The van der Waals surface area contributed by atoms with Crippen LogP contribution in [0.2, 0.25) is 5.02 Å². The third-order valence-electron chi connectivity index (χ3n) is 4.58. The lowest BCUT2D eigenvalue weighted by atomic mass is 10.1. The molecule has 1 heterocycles. The van der Waals surface area contributed by atoms with E-state index in [9.17, 15) is 9.18 Å². The third kappa shape index (κ3) is 4.28. The topological polar surface area (TPSA) is 32.8 Å². The van der Waals surface area contributed by atoms with Crippen LogP contribution in [-0.2, 0) is 4.79 Å². The van der Waals surface area contributed by atoms with Crippen molar-refractivity contribution in [2.75, 3.05) is 31.1 Å². The van der Waals surface area contributed by atoms with Crippen LogP contribution in [0.15, 0.2) is 42.5 Å². The van der Waals surface area contributed by atoms with Crippen LogP contribution in [0.25, 0.3) is 0 Å². The molecule has 1 aliphatic rings. The first-order chi connectivity index (χ1) is 12.4. The molecule has 0 bridgehead atoms. The lowest BCUT2D eigenvalue weighted by molar-refractivity contribution is -0.138. The van der Waals surface area contributed by atoms with E-state index in [4.69, 9.17) is 16.3 Å². The number of amides is 1. The highest BCUT2D eigenvalue weighted by molar-refractivity contribution is 6.30. The number of ether oxygens (including phenoxy) is 1. The number of rotatable bonds is 4. The minimum Gasteiger partial charge on any atom is -0.481 e. The summed E-state index contributed by atoms with van der Waals surface area (Å²) in [7, 11) is 0. The first-order valence-corrected chi connectivity index (χ1v) is 9.04. The fourth-order valence-electron chi connectivity index (χ4n) is 3.12. The summed E-state index contributed by atoms with van der Waals surface area (Å²) in [5, 5.41) is 0.713. The molecule has 0 spiro atoms. The van der Waals surface area contributed by atoms with Crippen LogP contribution in [0.3, 0.4) is 0 Å². The first kappa shape index (κ1) is 18.5. The van der Waals surface area contributed by atoms with E-state index in [2.05, 4.69) is 11.8 Å². The number of nitrogens with zero attached hydrogens (tertiary/aromatic N) is 2. The van der Waals surface area contributed by atoms with E-state index in [1.165, 1.54) is 29.8 Å². The van der Waals surface area contributed by atoms with Crippen molar-refractivity contribution in [1.82, 2.24) is 4.90 Å². The second-order valence-corrected chi connectivity index (χ2v) is 6.89. The van der Waals surface area contributed by atoms with Crippen LogP contribution < -0.4 is 9.64 Å². The maximum Gasteiger partial charge on any atom is 0.263 e. The average molecular weight is 377 g/mol. The highest BCUT2D eigenvalue weighted by Gasteiger charge is 2.26. The summed E-state index contributed by atoms with van der Waals surface area (Å²) in [6, 6.07) is 11.5. The molecule has 1 fully saturated rings. The number of carbonyl (C=O) groups excluding carboxylic acids is 1. The van der Waals surface area contributed by atoms with Gasteiger partial charge < -0.3 is 14.5 Å². The fraction of sp³-hybridized carbons (Fsp3) is 0.350. The van der Waals surface area contributed by atoms with Gasteiger partial charge in [0.25, 0.3) is 5.91 Å². The molecule has 0 aliphatic carbocycles. The van der Waals surface area contributed by atoms with Gasteiger partial charge in [-0.2, -0.15) is 0 Å². The number of carbonyl (C=O) groups is 1. The molecule has 1 atom stereocenters. The van der Waals surface area contributed by atoms with Gasteiger partial charge in [0.2, 0.25) is 0 Å². The van der Waals surface area contributed by atoms with Crippen LogP contribution >= 0.6 is 11.6 Å². The highest BCUT2D eigenvalue weighted by atomic mass is 35.5. The minimum atomic E-state index is -0.611. The zero-order valence-corrected chi connectivity index (χ0v) is 15.7. The zero-order valence-electron chi connectivity index (χ0n) is 14.9. The SMILES string of the molecule is Cc1ccc(Cl)cc1N1CCN(C(=O)[C@H](C)Oc2ccc(F)cc2)CC1. The Bertz CT molecular complexity index is 774. The number of piperazine rings is 1. The Kier molecular flexibility index (Phi) is 5.67. The van der Waals surface area contributed by atoms with E-state index in [0.29, 0.717) is 23.9 Å². The van der Waals surface area contributed by atoms with Crippen molar-refractivity contribution in [3.63, 3.8) is 0 Å². The number of benzene rings is 2. The van der Waals surface area contributed by atoms with Crippen molar-refractivity contribution in [3.05, 3.63) is 58.9 Å². The molecule has 0 N–H and O–H groups in total. The Morgan fingerprint density at radius 2 is 1.77 bits per heavy atom. The van der Waals surface area contributed by atoms with E-state index in [-0.39, 0.29) is 11.7 Å². The predicted octanol–water partition coefficient (Wildman–Crippen LogP) is 3.90. The Morgan fingerprint density at radius 3 is 2.42 bits per heavy atom. The van der Waals surface area contributed by atoms with E-state index in [1.54, 1.807) is 6.92 Å². The second kappa shape index (κ2) is 7.96. The van der Waals surface area contributed by atoms with Crippen LogP contribution in [0.4, 0.5) is 10.1 Å². The molecule has 26 heavy (non-hydrogen) atoms. The quantitative estimate of drug-likeness (QED) is 0.811. The molecule has 1 saturated heterocycles. The Hall–Kier alpha value is -2.27. The number of hydrogen-bond acceptors (Lipinski definition) is 3. The summed E-state index contributed by atoms with van der Waals surface area (Å²) in [6.45, 7) is 6.52. The Morgan fingerprint density at radius 1 is 1.12 bits per heavy atom. The molecule has 1 aliphatic heterocycles. The van der Waals surface area contributed by atoms with Crippen molar-refractivity contribution in [1.29, 1.82) is 0 Å². The second-order valence-electron chi connectivity index (χ2n) is 6.46. The number of anilines is 1.